The Balaban J connectivity index is 2.25. The van der Waals surface area contributed by atoms with E-state index in [1.54, 1.807) is 25.1 Å². The molecular formula is C22H25Cl2FN2O2. The molecule has 1 atom stereocenters. The van der Waals surface area contributed by atoms with Crippen molar-refractivity contribution in [1.29, 1.82) is 0 Å². The number of benzene rings is 2. The number of nitrogens with zero attached hydrogens (tertiary/aromatic N) is 1. The van der Waals surface area contributed by atoms with Gasteiger partial charge in [-0.1, -0.05) is 54.7 Å². The minimum absolute atomic E-state index is 0.119. The Morgan fingerprint density at radius 2 is 1.90 bits per heavy atom. The molecule has 156 valence electrons. The highest BCUT2D eigenvalue weighted by atomic mass is 35.5. The quantitative estimate of drug-likeness (QED) is 0.559. The maximum Gasteiger partial charge on any atom is 0.242 e. The summed E-state index contributed by atoms with van der Waals surface area (Å²) >= 11 is 12.1. The lowest BCUT2D eigenvalue weighted by molar-refractivity contribution is -0.140. The van der Waals surface area contributed by atoms with E-state index in [0.29, 0.717) is 11.6 Å². The lowest BCUT2D eigenvalue weighted by Gasteiger charge is -2.29. The van der Waals surface area contributed by atoms with Gasteiger partial charge < -0.3 is 10.2 Å². The number of unbranched alkanes of at least 4 members (excludes halogenated alkanes) is 1. The smallest absolute Gasteiger partial charge is 0.242 e. The minimum Gasteiger partial charge on any atom is -0.354 e. The molecule has 0 aromatic heterocycles. The van der Waals surface area contributed by atoms with Crippen LogP contribution in [0.3, 0.4) is 0 Å². The monoisotopic (exact) mass is 438 g/mol. The first-order chi connectivity index (χ1) is 13.8. The van der Waals surface area contributed by atoms with E-state index < -0.39 is 17.8 Å². The summed E-state index contributed by atoms with van der Waals surface area (Å²) in [5.41, 5.74) is 0.896. The van der Waals surface area contributed by atoms with Crippen LogP contribution in [0.25, 0.3) is 0 Å². The Morgan fingerprint density at radius 1 is 1.17 bits per heavy atom. The van der Waals surface area contributed by atoms with Crippen molar-refractivity contribution >= 4 is 35.0 Å². The first-order valence-electron chi connectivity index (χ1n) is 9.58. The molecule has 0 aliphatic rings. The van der Waals surface area contributed by atoms with Gasteiger partial charge in [-0.3, -0.25) is 9.59 Å². The predicted molar refractivity (Wildman–Crippen MR) is 114 cm³/mol. The summed E-state index contributed by atoms with van der Waals surface area (Å²) in [6.45, 7) is 4.40. The Hall–Kier alpha value is -2.11. The van der Waals surface area contributed by atoms with Crippen LogP contribution in [0.15, 0.2) is 42.5 Å². The van der Waals surface area contributed by atoms with Crippen LogP contribution >= 0.6 is 23.2 Å². The van der Waals surface area contributed by atoms with E-state index in [2.05, 4.69) is 5.32 Å². The molecule has 0 saturated heterocycles. The van der Waals surface area contributed by atoms with Crippen molar-refractivity contribution in [2.45, 2.75) is 45.7 Å². The Morgan fingerprint density at radius 3 is 2.55 bits per heavy atom. The van der Waals surface area contributed by atoms with E-state index in [4.69, 9.17) is 23.2 Å². The third-order valence-corrected chi connectivity index (χ3v) is 5.22. The third-order valence-electron chi connectivity index (χ3n) is 4.63. The lowest BCUT2D eigenvalue weighted by Crippen LogP contribution is -2.48. The number of carbonyl (C=O) groups is 2. The van der Waals surface area contributed by atoms with Crippen molar-refractivity contribution in [2.75, 3.05) is 6.54 Å². The summed E-state index contributed by atoms with van der Waals surface area (Å²) in [4.78, 5) is 27.1. The highest BCUT2D eigenvalue weighted by Crippen LogP contribution is 2.22. The number of hydrogen-bond donors (Lipinski definition) is 1. The van der Waals surface area contributed by atoms with Crippen molar-refractivity contribution in [1.82, 2.24) is 10.2 Å². The number of halogens is 3. The van der Waals surface area contributed by atoms with Gasteiger partial charge in [0.05, 0.1) is 6.42 Å². The van der Waals surface area contributed by atoms with Crippen LogP contribution in [0.4, 0.5) is 4.39 Å². The second-order valence-electron chi connectivity index (χ2n) is 6.85. The van der Waals surface area contributed by atoms with Crippen molar-refractivity contribution < 1.29 is 14.0 Å². The fourth-order valence-electron chi connectivity index (χ4n) is 2.90. The summed E-state index contributed by atoms with van der Waals surface area (Å²) < 4.78 is 14.2. The molecule has 1 N–H and O–H groups in total. The zero-order valence-corrected chi connectivity index (χ0v) is 18.1. The number of hydrogen-bond acceptors (Lipinski definition) is 2. The molecule has 2 aromatic rings. The van der Waals surface area contributed by atoms with Gasteiger partial charge in [0.25, 0.3) is 0 Å². The molecule has 0 saturated carbocycles. The van der Waals surface area contributed by atoms with E-state index in [9.17, 15) is 14.0 Å². The van der Waals surface area contributed by atoms with E-state index in [1.807, 2.05) is 13.0 Å². The van der Waals surface area contributed by atoms with Gasteiger partial charge in [-0.05, 0) is 43.2 Å². The molecule has 0 spiro atoms. The number of carbonyl (C=O) groups excluding carboxylic acids is 2. The Labute approximate surface area is 181 Å². The first-order valence-corrected chi connectivity index (χ1v) is 10.3. The molecule has 0 aliphatic heterocycles. The Kier molecular flexibility index (Phi) is 8.93. The summed E-state index contributed by atoms with van der Waals surface area (Å²) in [7, 11) is 0. The van der Waals surface area contributed by atoms with Gasteiger partial charge in [-0.25, -0.2) is 4.39 Å². The van der Waals surface area contributed by atoms with Crippen LogP contribution in [-0.4, -0.2) is 29.3 Å². The molecule has 0 aliphatic carbocycles. The van der Waals surface area contributed by atoms with Crippen molar-refractivity contribution in [3.05, 3.63) is 69.5 Å². The lowest BCUT2D eigenvalue weighted by atomic mass is 10.1. The van der Waals surface area contributed by atoms with Gasteiger partial charge in [-0.2, -0.15) is 0 Å². The second-order valence-corrected chi connectivity index (χ2v) is 7.69. The largest absolute Gasteiger partial charge is 0.354 e. The number of rotatable bonds is 9. The van der Waals surface area contributed by atoms with E-state index in [-0.39, 0.29) is 29.5 Å². The molecule has 29 heavy (non-hydrogen) atoms. The predicted octanol–water partition coefficient (Wildman–Crippen LogP) is 5.01. The van der Waals surface area contributed by atoms with Gasteiger partial charge >= 0.3 is 0 Å². The third kappa shape index (κ3) is 6.72. The highest BCUT2D eigenvalue weighted by molar-refractivity contribution is 6.31. The second kappa shape index (κ2) is 11.2. The van der Waals surface area contributed by atoms with E-state index >= 15 is 0 Å². The summed E-state index contributed by atoms with van der Waals surface area (Å²) in [6, 6.07) is 10.6. The molecular weight excluding hydrogens is 414 g/mol. The van der Waals surface area contributed by atoms with Crippen LogP contribution in [0, 0.1) is 5.82 Å². The molecule has 7 heteroatoms. The van der Waals surface area contributed by atoms with E-state index in [0.717, 1.165) is 18.4 Å². The first kappa shape index (κ1) is 23.2. The van der Waals surface area contributed by atoms with Gasteiger partial charge in [0, 0.05) is 28.7 Å². The molecule has 2 aromatic carbocycles. The minimum atomic E-state index is -0.733. The van der Waals surface area contributed by atoms with Crippen LogP contribution in [-0.2, 0) is 22.6 Å². The number of nitrogens with one attached hydrogen (secondary N) is 1. The molecule has 1 unspecified atom stereocenters. The molecule has 0 heterocycles. The molecule has 2 rings (SSSR count). The van der Waals surface area contributed by atoms with Crippen LogP contribution in [0.1, 0.15) is 37.8 Å². The summed E-state index contributed by atoms with van der Waals surface area (Å²) in [5, 5.41) is 3.56. The maximum absolute atomic E-state index is 14.2. The molecule has 2 amide bonds. The molecule has 0 fully saturated rings. The van der Waals surface area contributed by atoms with Gasteiger partial charge in [0.2, 0.25) is 11.8 Å². The fraction of sp³-hybridized carbons (Fsp3) is 0.364. The van der Waals surface area contributed by atoms with Gasteiger partial charge in [0.1, 0.15) is 11.9 Å². The van der Waals surface area contributed by atoms with Crippen molar-refractivity contribution in [3.8, 4) is 0 Å². The summed E-state index contributed by atoms with van der Waals surface area (Å²) in [5.74, 6) is -1.20. The fourth-order valence-corrected chi connectivity index (χ4v) is 3.35. The van der Waals surface area contributed by atoms with Crippen LogP contribution in [0.2, 0.25) is 10.0 Å². The maximum atomic E-state index is 14.2. The van der Waals surface area contributed by atoms with E-state index in [1.165, 1.54) is 23.1 Å². The zero-order chi connectivity index (χ0) is 21.4. The summed E-state index contributed by atoms with van der Waals surface area (Å²) in [6.07, 6.45) is 1.57. The topological polar surface area (TPSA) is 49.4 Å². The average Bonchev–Trinajstić information content (AvgIpc) is 2.68. The standard InChI is InChI=1S/C22H25Cl2FN2O2/c1-3-4-11-26-22(29)15(2)27(14-16-7-5-8-17(23)12-16)21(28)13-18-19(24)9-6-10-20(18)25/h5-10,12,15H,3-4,11,13-14H2,1-2H3,(H,26,29). The molecule has 4 nitrogen and oxygen atoms in total. The van der Waals surface area contributed by atoms with Crippen molar-refractivity contribution in [3.63, 3.8) is 0 Å². The molecule has 0 bridgehead atoms. The average molecular weight is 439 g/mol. The van der Waals surface area contributed by atoms with Gasteiger partial charge in [0.15, 0.2) is 0 Å². The van der Waals surface area contributed by atoms with Crippen LogP contribution in [0.5, 0.6) is 0 Å². The SMILES string of the molecule is CCCCNC(=O)C(C)N(Cc1cccc(Cl)c1)C(=O)Cc1c(F)cccc1Cl. The highest BCUT2D eigenvalue weighted by Gasteiger charge is 2.27. The van der Waals surface area contributed by atoms with Crippen LogP contribution < -0.4 is 5.32 Å². The normalized spacial score (nSPS) is 11.8. The van der Waals surface area contributed by atoms with Crippen molar-refractivity contribution in [2.24, 2.45) is 0 Å². The zero-order valence-electron chi connectivity index (χ0n) is 16.6. The molecule has 0 radical (unpaired) electrons. The number of amides is 2. The Bertz CT molecular complexity index is 840. The van der Waals surface area contributed by atoms with Gasteiger partial charge in [-0.15, -0.1) is 0 Å².